The molecule has 1 saturated heterocycles. The van der Waals surface area contributed by atoms with Gasteiger partial charge in [-0.3, -0.25) is 4.99 Å². The normalized spacial score (nSPS) is 26.9. The summed E-state index contributed by atoms with van der Waals surface area (Å²) < 4.78 is 0. The molecular formula is C16H22ClN3. The Morgan fingerprint density at radius 3 is 2.80 bits per heavy atom. The monoisotopic (exact) mass is 291 g/mol. The van der Waals surface area contributed by atoms with Gasteiger partial charge in [0.2, 0.25) is 0 Å². The van der Waals surface area contributed by atoms with Gasteiger partial charge in [-0.2, -0.15) is 0 Å². The molecule has 1 aromatic rings. The van der Waals surface area contributed by atoms with E-state index in [9.17, 15) is 0 Å². The first-order valence-electron chi connectivity index (χ1n) is 7.46. The molecule has 2 aliphatic rings. The van der Waals surface area contributed by atoms with E-state index in [2.05, 4.69) is 36.2 Å². The highest BCUT2D eigenvalue weighted by molar-refractivity contribution is 6.30. The average Bonchev–Trinajstić information content (AvgIpc) is 2.82. The fourth-order valence-electron chi connectivity index (χ4n) is 3.10. The van der Waals surface area contributed by atoms with E-state index >= 15 is 0 Å². The van der Waals surface area contributed by atoms with Gasteiger partial charge in [0.05, 0.1) is 18.6 Å². The van der Waals surface area contributed by atoms with Crippen molar-refractivity contribution < 1.29 is 0 Å². The fourth-order valence-corrected chi connectivity index (χ4v) is 3.22. The minimum Gasteiger partial charge on any atom is -0.350 e. The molecule has 0 aromatic heterocycles. The average molecular weight is 292 g/mol. The molecule has 2 heterocycles. The molecule has 2 aliphatic heterocycles. The SMILES string of the molecule is CC1CCC2CN=C(N[C@@H](C)c3ccc(Cl)cc3)N2C1. The third-order valence-corrected chi connectivity index (χ3v) is 4.63. The fraction of sp³-hybridized carbons (Fsp3) is 0.562. The summed E-state index contributed by atoms with van der Waals surface area (Å²) in [6, 6.07) is 8.90. The number of piperidine rings is 1. The van der Waals surface area contributed by atoms with Crippen molar-refractivity contribution in [3.05, 3.63) is 34.9 Å². The number of benzene rings is 1. The lowest BCUT2D eigenvalue weighted by Gasteiger charge is -2.36. The van der Waals surface area contributed by atoms with E-state index < -0.39 is 0 Å². The van der Waals surface area contributed by atoms with Crippen LogP contribution in [0, 0.1) is 5.92 Å². The van der Waals surface area contributed by atoms with Crippen molar-refractivity contribution in [1.82, 2.24) is 10.2 Å². The predicted molar refractivity (Wildman–Crippen MR) is 84.2 cm³/mol. The summed E-state index contributed by atoms with van der Waals surface area (Å²) >= 11 is 5.94. The quantitative estimate of drug-likeness (QED) is 0.904. The van der Waals surface area contributed by atoms with Crippen molar-refractivity contribution in [2.45, 2.75) is 38.8 Å². The van der Waals surface area contributed by atoms with Crippen LogP contribution in [0.3, 0.4) is 0 Å². The summed E-state index contributed by atoms with van der Waals surface area (Å²) in [4.78, 5) is 7.16. The zero-order valence-corrected chi connectivity index (χ0v) is 12.9. The Hall–Kier alpha value is -1.22. The van der Waals surface area contributed by atoms with Gasteiger partial charge in [-0.05, 0) is 43.4 Å². The predicted octanol–water partition coefficient (Wildman–Crippen LogP) is 3.46. The summed E-state index contributed by atoms with van der Waals surface area (Å²) in [7, 11) is 0. The summed E-state index contributed by atoms with van der Waals surface area (Å²) in [5.74, 6) is 1.84. The molecule has 0 amide bonds. The van der Waals surface area contributed by atoms with Crippen LogP contribution in [0.1, 0.15) is 38.3 Å². The summed E-state index contributed by atoms with van der Waals surface area (Å²) in [5.41, 5.74) is 1.24. The maximum absolute atomic E-state index is 5.94. The van der Waals surface area contributed by atoms with E-state index in [1.165, 1.54) is 18.4 Å². The first kappa shape index (κ1) is 13.7. The lowest BCUT2D eigenvalue weighted by molar-refractivity contribution is 0.210. The molecule has 2 unspecified atom stereocenters. The number of nitrogens with zero attached hydrogens (tertiary/aromatic N) is 2. The molecule has 1 fully saturated rings. The summed E-state index contributed by atoms with van der Waals surface area (Å²) in [6.07, 6.45) is 2.60. The van der Waals surface area contributed by atoms with Crippen LogP contribution in [-0.2, 0) is 0 Å². The number of hydrogen-bond donors (Lipinski definition) is 1. The molecule has 4 heteroatoms. The largest absolute Gasteiger partial charge is 0.350 e. The van der Waals surface area contributed by atoms with Crippen molar-refractivity contribution in [3.8, 4) is 0 Å². The second-order valence-corrected chi connectivity index (χ2v) is 6.51. The lowest BCUT2D eigenvalue weighted by Crippen LogP contribution is -2.48. The number of halogens is 1. The van der Waals surface area contributed by atoms with Crippen molar-refractivity contribution in [1.29, 1.82) is 0 Å². The zero-order chi connectivity index (χ0) is 14.1. The molecule has 0 spiro atoms. The molecule has 3 atom stereocenters. The molecule has 0 radical (unpaired) electrons. The highest BCUT2D eigenvalue weighted by atomic mass is 35.5. The Bertz CT molecular complexity index is 497. The number of hydrogen-bond acceptors (Lipinski definition) is 3. The minimum atomic E-state index is 0.252. The van der Waals surface area contributed by atoms with Crippen molar-refractivity contribution in [2.24, 2.45) is 10.9 Å². The van der Waals surface area contributed by atoms with Crippen LogP contribution in [0.5, 0.6) is 0 Å². The Kier molecular flexibility index (Phi) is 3.88. The Balaban J connectivity index is 1.67. The van der Waals surface area contributed by atoms with Crippen LogP contribution < -0.4 is 5.32 Å². The molecular weight excluding hydrogens is 270 g/mol. The molecule has 20 heavy (non-hydrogen) atoms. The number of aliphatic imine (C=N–C) groups is 1. The van der Waals surface area contributed by atoms with E-state index in [4.69, 9.17) is 16.6 Å². The van der Waals surface area contributed by atoms with Crippen LogP contribution in [-0.4, -0.2) is 30.0 Å². The smallest absolute Gasteiger partial charge is 0.194 e. The third kappa shape index (κ3) is 2.78. The Morgan fingerprint density at radius 1 is 1.30 bits per heavy atom. The maximum Gasteiger partial charge on any atom is 0.194 e. The van der Waals surface area contributed by atoms with Gasteiger partial charge in [-0.25, -0.2) is 0 Å². The first-order chi connectivity index (χ1) is 9.63. The van der Waals surface area contributed by atoms with Crippen molar-refractivity contribution >= 4 is 17.6 Å². The van der Waals surface area contributed by atoms with Gasteiger partial charge in [0.25, 0.3) is 0 Å². The molecule has 1 N–H and O–H groups in total. The lowest BCUT2D eigenvalue weighted by atomic mass is 9.95. The van der Waals surface area contributed by atoms with Crippen LogP contribution in [0.15, 0.2) is 29.3 Å². The molecule has 3 nitrogen and oxygen atoms in total. The summed E-state index contributed by atoms with van der Waals surface area (Å²) in [5, 5.41) is 4.35. The molecule has 1 aromatic carbocycles. The third-order valence-electron chi connectivity index (χ3n) is 4.38. The highest BCUT2D eigenvalue weighted by Gasteiger charge is 2.33. The first-order valence-corrected chi connectivity index (χ1v) is 7.84. The van der Waals surface area contributed by atoms with E-state index in [1.807, 2.05) is 12.1 Å². The minimum absolute atomic E-state index is 0.252. The molecule has 0 bridgehead atoms. The van der Waals surface area contributed by atoms with Crippen molar-refractivity contribution in [2.75, 3.05) is 13.1 Å². The topological polar surface area (TPSA) is 27.6 Å². The van der Waals surface area contributed by atoms with Gasteiger partial charge in [0, 0.05) is 11.6 Å². The van der Waals surface area contributed by atoms with E-state index in [-0.39, 0.29) is 6.04 Å². The van der Waals surface area contributed by atoms with E-state index in [0.717, 1.165) is 30.0 Å². The number of fused-ring (bicyclic) bond motifs is 1. The second-order valence-electron chi connectivity index (χ2n) is 6.07. The van der Waals surface area contributed by atoms with Crippen LogP contribution in [0.4, 0.5) is 0 Å². The molecule has 0 saturated carbocycles. The number of rotatable bonds is 2. The van der Waals surface area contributed by atoms with E-state index in [0.29, 0.717) is 6.04 Å². The van der Waals surface area contributed by atoms with Gasteiger partial charge in [0.15, 0.2) is 5.96 Å². The Morgan fingerprint density at radius 2 is 2.05 bits per heavy atom. The molecule has 108 valence electrons. The molecule has 0 aliphatic carbocycles. The van der Waals surface area contributed by atoms with Gasteiger partial charge in [-0.1, -0.05) is 30.7 Å². The van der Waals surface area contributed by atoms with E-state index in [1.54, 1.807) is 0 Å². The van der Waals surface area contributed by atoms with Gasteiger partial charge >= 0.3 is 0 Å². The van der Waals surface area contributed by atoms with Crippen LogP contribution >= 0.6 is 11.6 Å². The standard InChI is InChI=1S/C16H22ClN3/c1-11-3-8-15-9-18-16(20(15)10-11)19-12(2)13-4-6-14(17)7-5-13/h4-7,11-12,15H,3,8-10H2,1-2H3,(H,18,19)/t11?,12-,15?/m0/s1. The summed E-state index contributed by atoms with van der Waals surface area (Å²) in [6.45, 7) is 6.58. The number of nitrogens with one attached hydrogen (secondary N) is 1. The molecule has 3 rings (SSSR count). The maximum atomic E-state index is 5.94. The van der Waals surface area contributed by atoms with Gasteiger partial charge < -0.3 is 10.2 Å². The number of guanidine groups is 1. The highest BCUT2D eigenvalue weighted by Crippen LogP contribution is 2.26. The van der Waals surface area contributed by atoms with Gasteiger partial charge in [-0.15, -0.1) is 0 Å². The van der Waals surface area contributed by atoms with Crippen LogP contribution in [0.2, 0.25) is 5.02 Å². The van der Waals surface area contributed by atoms with Crippen LogP contribution in [0.25, 0.3) is 0 Å². The second kappa shape index (κ2) is 5.65. The Labute approximate surface area is 126 Å². The zero-order valence-electron chi connectivity index (χ0n) is 12.1. The van der Waals surface area contributed by atoms with Crippen molar-refractivity contribution in [3.63, 3.8) is 0 Å². The van der Waals surface area contributed by atoms with Gasteiger partial charge in [0.1, 0.15) is 0 Å².